The van der Waals surface area contributed by atoms with Crippen LogP contribution in [0.5, 0.6) is 0 Å². The number of rotatable bonds is 3. The van der Waals surface area contributed by atoms with Gasteiger partial charge in [-0.05, 0) is 25.7 Å². The van der Waals surface area contributed by atoms with Crippen molar-refractivity contribution in [2.45, 2.75) is 25.8 Å². The van der Waals surface area contributed by atoms with Gasteiger partial charge in [0.05, 0.1) is 6.61 Å². The maximum absolute atomic E-state index is 10.9. The second-order valence-electron chi connectivity index (χ2n) is 2.62. The number of esters is 1. The molecule has 0 heterocycles. The third-order valence-corrected chi connectivity index (χ3v) is 1.69. The first-order valence-electron chi connectivity index (χ1n) is 3.68. The van der Waals surface area contributed by atoms with Crippen molar-refractivity contribution in [1.29, 1.82) is 0 Å². The summed E-state index contributed by atoms with van der Waals surface area (Å²) in [6.07, 6.45) is 2.17. The van der Waals surface area contributed by atoms with Crippen LogP contribution in [0.1, 0.15) is 19.8 Å². The highest BCUT2D eigenvalue weighted by Crippen LogP contribution is 2.31. The Morgan fingerprint density at radius 2 is 2.40 bits per heavy atom. The normalized spacial score (nSPS) is 20.2. The van der Waals surface area contributed by atoms with Crippen molar-refractivity contribution < 1.29 is 9.53 Å². The average Bonchev–Trinajstić information content (AvgIpc) is 2.68. The van der Waals surface area contributed by atoms with Gasteiger partial charge in [0.2, 0.25) is 0 Å². The molecule has 0 bridgehead atoms. The van der Waals surface area contributed by atoms with E-state index in [-0.39, 0.29) is 12.0 Å². The molecule has 0 radical (unpaired) electrons. The molecule has 2 N–H and O–H groups in total. The van der Waals surface area contributed by atoms with Crippen molar-refractivity contribution in [1.82, 2.24) is 0 Å². The van der Waals surface area contributed by atoms with Crippen LogP contribution >= 0.6 is 0 Å². The topological polar surface area (TPSA) is 52.3 Å². The highest BCUT2D eigenvalue weighted by atomic mass is 16.5. The summed E-state index contributed by atoms with van der Waals surface area (Å²) in [5.41, 5.74) is 5.53. The first kappa shape index (κ1) is 7.54. The molecule has 58 valence electrons. The largest absolute Gasteiger partial charge is 0.465 e. The Kier molecular flexibility index (Phi) is 2.27. The minimum Gasteiger partial charge on any atom is -0.465 e. The van der Waals surface area contributed by atoms with Gasteiger partial charge in [-0.15, -0.1) is 0 Å². The molecule has 1 rings (SSSR count). The number of nitrogens with two attached hydrogens (primary N) is 1. The van der Waals surface area contributed by atoms with Crippen molar-refractivity contribution in [3.8, 4) is 0 Å². The van der Waals surface area contributed by atoms with Gasteiger partial charge in [-0.2, -0.15) is 0 Å². The van der Waals surface area contributed by atoms with Gasteiger partial charge in [0.1, 0.15) is 6.04 Å². The van der Waals surface area contributed by atoms with Crippen LogP contribution in [-0.2, 0) is 9.53 Å². The Bertz CT molecular complexity index is 132. The van der Waals surface area contributed by atoms with Crippen molar-refractivity contribution in [3.63, 3.8) is 0 Å². The summed E-state index contributed by atoms with van der Waals surface area (Å²) in [5.74, 6) is 0.157. The summed E-state index contributed by atoms with van der Waals surface area (Å²) in [6.45, 7) is 2.22. The van der Waals surface area contributed by atoms with E-state index < -0.39 is 0 Å². The summed E-state index contributed by atoms with van der Waals surface area (Å²) < 4.78 is 4.74. The Morgan fingerprint density at radius 3 is 2.80 bits per heavy atom. The Morgan fingerprint density at radius 1 is 1.80 bits per heavy atom. The third kappa shape index (κ3) is 1.70. The summed E-state index contributed by atoms with van der Waals surface area (Å²) in [4.78, 5) is 10.9. The van der Waals surface area contributed by atoms with Crippen LogP contribution in [0.4, 0.5) is 0 Å². The van der Waals surface area contributed by atoms with Gasteiger partial charge in [-0.25, -0.2) is 0 Å². The van der Waals surface area contributed by atoms with E-state index in [9.17, 15) is 4.79 Å². The first-order valence-corrected chi connectivity index (χ1v) is 3.68. The molecule has 0 unspecified atom stereocenters. The number of hydrogen-bond donors (Lipinski definition) is 1. The van der Waals surface area contributed by atoms with E-state index in [0.29, 0.717) is 12.5 Å². The Hall–Kier alpha value is -0.570. The van der Waals surface area contributed by atoms with E-state index in [1.54, 1.807) is 6.92 Å². The molecule has 3 heteroatoms. The molecule has 0 aromatic rings. The lowest BCUT2D eigenvalue weighted by atomic mass is 10.2. The fourth-order valence-corrected chi connectivity index (χ4v) is 0.886. The molecule has 0 aromatic heterocycles. The quantitative estimate of drug-likeness (QED) is 0.577. The number of ether oxygens (including phenoxy) is 1. The Labute approximate surface area is 60.5 Å². The van der Waals surface area contributed by atoms with Gasteiger partial charge in [0.15, 0.2) is 0 Å². The van der Waals surface area contributed by atoms with E-state index >= 15 is 0 Å². The SMILES string of the molecule is CCOC(=O)[C@H](N)C1CC1. The highest BCUT2D eigenvalue weighted by Gasteiger charge is 2.33. The molecule has 1 atom stereocenters. The Balaban J connectivity index is 2.24. The summed E-state index contributed by atoms with van der Waals surface area (Å²) >= 11 is 0. The number of hydrogen-bond acceptors (Lipinski definition) is 3. The van der Waals surface area contributed by atoms with Gasteiger partial charge in [0.25, 0.3) is 0 Å². The third-order valence-electron chi connectivity index (χ3n) is 1.69. The predicted octanol–water partition coefficient (Wildman–Crippen LogP) is 0.287. The van der Waals surface area contributed by atoms with Crippen LogP contribution in [-0.4, -0.2) is 18.6 Å². The number of carbonyl (C=O) groups is 1. The minimum atomic E-state index is -0.361. The average molecular weight is 143 g/mol. The minimum absolute atomic E-state index is 0.245. The lowest BCUT2D eigenvalue weighted by Gasteiger charge is -2.07. The van der Waals surface area contributed by atoms with E-state index in [1.807, 2.05) is 0 Å². The van der Waals surface area contributed by atoms with Crippen LogP contribution in [0.25, 0.3) is 0 Å². The lowest BCUT2D eigenvalue weighted by molar-refractivity contribution is -0.145. The second-order valence-corrected chi connectivity index (χ2v) is 2.62. The van der Waals surface area contributed by atoms with Crippen LogP contribution in [0.2, 0.25) is 0 Å². The maximum Gasteiger partial charge on any atom is 0.323 e. The van der Waals surface area contributed by atoms with Crippen molar-refractivity contribution >= 4 is 5.97 Å². The van der Waals surface area contributed by atoms with Crippen LogP contribution in [0.3, 0.4) is 0 Å². The van der Waals surface area contributed by atoms with Crippen LogP contribution < -0.4 is 5.73 Å². The molecule has 1 fully saturated rings. The molecule has 10 heavy (non-hydrogen) atoms. The smallest absolute Gasteiger partial charge is 0.323 e. The highest BCUT2D eigenvalue weighted by molar-refractivity contribution is 5.76. The zero-order valence-corrected chi connectivity index (χ0v) is 6.17. The van der Waals surface area contributed by atoms with Gasteiger partial charge in [-0.3, -0.25) is 4.79 Å². The van der Waals surface area contributed by atoms with Gasteiger partial charge >= 0.3 is 5.97 Å². The molecular formula is C7H13NO2. The number of carbonyl (C=O) groups excluding carboxylic acids is 1. The van der Waals surface area contributed by atoms with E-state index in [2.05, 4.69) is 0 Å². The zero-order chi connectivity index (χ0) is 7.56. The molecule has 1 saturated carbocycles. The van der Waals surface area contributed by atoms with Gasteiger partial charge < -0.3 is 10.5 Å². The monoisotopic (exact) mass is 143 g/mol. The molecule has 1 aliphatic carbocycles. The standard InChI is InChI=1S/C7H13NO2/c1-2-10-7(9)6(8)5-3-4-5/h5-6H,2-4,8H2,1H3/t6-/m1/s1. The molecule has 0 aliphatic heterocycles. The van der Waals surface area contributed by atoms with Crippen molar-refractivity contribution in [2.75, 3.05) is 6.61 Å². The lowest BCUT2D eigenvalue weighted by Crippen LogP contribution is -2.34. The molecule has 1 aliphatic rings. The first-order chi connectivity index (χ1) is 4.75. The molecule has 0 saturated heterocycles. The second kappa shape index (κ2) is 3.01. The van der Waals surface area contributed by atoms with Gasteiger partial charge in [-0.1, -0.05) is 0 Å². The predicted molar refractivity (Wildman–Crippen MR) is 37.3 cm³/mol. The van der Waals surface area contributed by atoms with Gasteiger partial charge in [0, 0.05) is 0 Å². The van der Waals surface area contributed by atoms with E-state index in [4.69, 9.17) is 10.5 Å². The molecular weight excluding hydrogens is 130 g/mol. The van der Waals surface area contributed by atoms with Crippen molar-refractivity contribution in [3.05, 3.63) is 0 Å². The fraction of sp³-hybridized carbons (Fsp3) is 0.857. The van der Waals surface area contributed by atoms with E-state index in [0.717, 1.165) is 12.8 Å². The molecule has 0 spiro atoms. The molecule has 0 aromatic carbocycles. The van der Waals surface area contributed by atoms with Crippen LogP contribution in [0, 0.1) is 5.92 Å². The zero-order valence-electron chi connectivity index (χ0n) is 6.17. The molecule has 0 amide bonds. The fourth-order valence-electron chi connectivity index (χ4n) is 0.886. The van der Waals surface area contributed by atoms with E-state index in [1.165, 1.54) is 0 Å². The van der Waals surface area contributed by atoms with Crippen LogP contribution in [0.15, 0.2) is 0 Å². The maximum atomic E-state index is 10.9. The van der Waals surface area contributed by atoms with Crippen molar-refractivity contribution in [2.24, 2.45) is 11.7 Å². The summed E-state index contributed by atoms with van der Waals surface area (Å²) in [5, 5.41) is 0. The molecule has 3 nitrogen and oxygen atoms in total. The summed E-state index contributed by atoms with van der Waals surface area (Å²) in [7, 11) is 0. The summed E-state index contributed by atoms with van der Waals surface area (Å²) in [6, 6.07) is -0.361.